The van der Waals surface area contributed by atoms with Gasteiger partial charge in [0.1, 0.15) is 5.82 Å². The topological polar surface area (TPSA) is 70.2 Å². The third-order valence-corrected chi connectivity index (χ3v) is 5.82. The molecule has 1 amide bonds. The second-order valence-corrected chi connectivity index (χ2v) is 8.60. The van der Waals surface area contributed by atoms with Crippen LogP contribution in [-0.2, 0) is 4.79 Å². The van der Waals surface area contributed by atoms with E-state index in [4.69, 9.17) is 0 Å². The first-order chi connectivity index (χ1) is 14.6. The number of amides is 1. The van der Waals surface area contributed by atoms with Gasteiger partial charge in [0.15, 0.2) is 0 Å². The van der Waals surface area contributed by atoms with E-state index in [0.29, 0.717) is 12.5 Å². The second kappa shape index (κ2) is 9.70. The Morgan fingerprint density at radius 2 is 1.84 bits per heavy atom. The maximum Gasteiger partial charge on any atom is 0.392 e. The van der Waals surface area contributed by atoms with Crippen molar-refractivity contribution in [3.8, 4) is 0 Å². The number of benzene rings is 1. The van der Waals surface area contributed by atoms with Crippen LogP contribution in [0.1, 0.15) is 39.0 Å². The number of aromatic nitrogens is 2. The van der Waals surface area contributed by atoms with E-state index >= 15 is 0 Å². The average Bonchev–Trinajstić information content (AvgIpc) is 2.72. The molecule has 6 nitrogen and oxygen atoms in total. The summed E-state index contributed by atoms with van der Waals surface area (Å²) in [5.41, 5.74) is 0.883. The van der Waals surface area contributed by atoms with Gasteiger partial charge in [0.2, 0.25) is 11.9 Å². The first-order valence-electron chi connectivity index (χ1n) is 10.7. The number of nitrogens with one attached hydrogen (secondary N) is 2. The molecular weight excluding hydrogens is 407 g/mol. The smallest absolute Gasteiger partial charge is 0.362 e. The van der Waals surface area contributed by atoms with E-state index in [1.807, 2.05) is 43.3 Å². The fraction of sp³-hybridized carbons (Fsp3) is 0.591. The van der Waals surface area contributed by atoms with Crippen LogP contribution in [0.3, 0.4) is 0 Å². The van der Waals surface area contributed by atoms with Crippen LogP contribution in [0.5, 0.6) is 0 Å². The molecule has 170 valence electrons. The molecule has 1 aromatic carbocycles. The lowest BCUT2D eigenvalue weighted by atomic mass is 9.86. The molecule has 2 N–H and O–H groups in total. The summed E-state index contributed by atoms with van der Waals surface area (Å²) >= 11 is 0. The van der Waals surface area contributed by atoms with Gasteiger partial charge in [-0.1, -0.05) is 19.1 Å². The summed E-state index contributed by atoms with van der Waals surface area (Å²) in [6.07, 6.45) is -1.28. The fourth-order valence-electron chi connectivity index (χ4n) is 3.88. The number of hydrogen-bond acceptors (Lipinski definition) is 5. The number of hydrogen-bond donors (Lipinski definition) is 2. The Hall–Kier alpha value is -2.58. The van der Waals surface area contributed by atoms with Crippen LogP contribution < -0.4 is 15.5 Å². The van der Waals surface area contributed by atoms with E-state index in [0.717, 1.165) is 49.3 Å². The Morgan fingerprint density at radius 3 is 2.48 bits per heavy atom. The second-order valence-electron chi connectivity index (χ2n) is 8.60. The number of alkyl halides is 3. The summed E-state index contributed by atoms with van der Waals surface area (Å²) in [5, 5.41) is 7.10. The predicted molar refractivity (Wildman–Crippen MR) is 116 cm³/mol. The van der Waals surface area contributed by atoms with Crippen molar-refractivity contribution >= 4 is 28.6 Å². The predicted octanol–water partition coefficient (Wildman–Crippen LogP) is 4.37. The molecular formula is C22H30F3N5O. The third kappa shape index (κ3) is 6.21. The highest BCUT2D eigenvalue weighted by Gasteiger charge is 2.37. The maximum atomic E-state index is 12.6. The number of rotatable bonds is 7. The van der Waals surface area contributed by atoms with E-state index < -0.39 is 24.4 Å². The SMILES string of the molecule is CC(CC(=O)NC[C@H]1CC[C@@H](Nc2nc(N(C)C)c3ccccc3n2)CC1)C(F)(F)F. The van der Waals surface area contributed by atoms with Crippen LogP contribution in [0.4, 0.5) is 24.9 Å². The number of carbonyl (C=O) groups excluding carboxylic acids is 1. The molecule has 1 unspecified atom stereocenters. The number of anilines is 2. The summed E-state index contributed by atoms with van der Waals surface area (Å²) < 4.78 is 37.7. The zero-order chi connectivity index (χ0) is 22.6. The van der Waals surface area contributed by atoms with Crippen LogP contribution >= 0.6 is 0 Å². The molecule has 0 saturated heterocycles. The number of halogens is 3. The first-order valence-corrected chi connectivity index (χ1v) is 10.7. The number of fused-ring (bicyclic) bond motifs is 1. The zero-order valence-corrected chi connectivity index (χ0v) is 18.2. The van der Waals surface area contributed by atoms with Crippen LogP contribution in [0, 0.1) is 11.8 Å². The summed E-state index contributed by atoms with van der Waals surface area (Å²) in [7, 11) is 3.90. The first kappa shape index (κ1) is 23.1. The van der Waals surface area contributed by atoms with Gasteiger partial charge in [-0.3, -0.25) is 4.79 Å². The van der Waals surface area contributed by atoms with Crippen LogP contribution in [0.15, 0.2) is 24.3 Å². The Balaban J connectivity index is 1.50. The van der Waals surface area contributed by atoms with Gasteiger partial charge in [-0.05, 0) is 43.7 Å². The van der Waals surface area contributed by atoms with Crippen LogP contribution in [-0.4, -0.2) is 48.7 Å². The lowest BCUT2D eigenvalue weighted by Gasteiger charge is -2.29. The Bertz CT molecular complexity index is 894. The Labute approximate surface area is 180 Å². The zero-order valence-electron chi connectivity index (χ0n) is 18.2. The van der Waals surface area contributed by atoms with Gasteiger partial charge in [-0.2, -0.15) is 18.2 Å². The molecule has 9 heteroatoms. The summed E-state index contributed by atoms with van der Waals surface area (Å²) in [6, 6.07) is 8.12. The fourth-order valence-corrected chi connectivity index (χ4v) is 3.88. The Morgan fingerprint density at radius 1 is 1.16 bits per heavy atom. The lowest BCUT2D eigenvalue weighted by Crippen LogP contribution is -2.36. The molecule has 31 heavy (non-hydrogen) atoms. The molecule has 3 rings (SSSR count). The molecule has 0 radical (unpaired) electrons. The number of para-hydroxylation sites is 1. The van der Waals surface area contributed by atoms with E-state index in [2.05, 4.69) is 20.6 Å². The minimum Gasteiger partial charge on any atom is -0.362 e. The summed E-state index contributed by atoms with van der Waals surface area (Å²) in [4.78, 5) is 23.1. The van der Waals surface area contributed by atoms with Crippen molar-refractivity contribution in [1.82, 2.24) is 15.3 Å². The summed E-state index contributed by atoms with van der Waals surface area (Å²) in [5.74, 6) is -0.428. The molecule has 1 aliphatic carbocycles. The molecule has 1 heterocycles. The molecule has 2 aromatic rings. The maximum absolute atomic E-state index is 12.6. The van der Waals surface area contributed by atoms with Gasteiger partial charge in [-0.15, -0.1) is 0 Å². The lowest BCUT2D eigenvalue weighted by molar-refractivity contribution is -0.174. The van der Waals surface area contributed by atoms with Crippen molar-refractivity contribution in [2.45, 2.75) is 51.2 Å². The molecule has 1 atom stereocenters. The van der Waals surface area contributed by atoms with Crippen molar-refractivity contribution in [2.24, 2.45) is 11.8 Å². The van der Waals surface area contributed by atoms with E-state index in [1.54, 1.807) is 0 Å². The van der Waals surface area contributed by atoms with Crippen molar-refractivity contribution < 1.29 is 18.0 Å². The standard InChI is InChI=1S/C22H30F3N5O/c1-14(22(23,24)25)12-19(31)26-13-15-8-10-16(11-9-15)27-21-28-18-7-5-4-6-17(18)20(29-21)30(2)3/h4-7,14-16H,8-13H2,1-3H3,(H,26,31)(H,27,28,29)/t14?,15-,16+. The largest absolute Gasteiger partial charge is 0.392 e. The van der Waals surface area contributed by atoms with Crippen molar-refractivity contribution in [3.05, 3.63) is 24.3 Å². The summed E-state index contributed by atoms with van der Waals surface area (Å²) in [6.45, 7) is 1.46. The highest BCUT2D eigenvalue weighted by Crippen LogP contribution is 2.29. The van der Waals surface area contributed by atoms with Crippen LogP contribution in [0.2, 0.25) is 0 Å². The molecule has 1 aliphatic rings. The molecule has 1 aromatic heterocycles. The molecule has 1 saturated carbocycles. The molecule has 0 aliphatic heterocycles. The highest BCUT2D eigenvalue weighted by molar-refractivity contribution is 5.90. The molecule has 0 bridgehead atoms. The van der Waals surface area contributed by atoms with E-state index in [9.17, 15) is 18.0 Å². The van der Waals surface area contributed by atoms with Crippen molar-refractivity contribution in [3.63, 3.8) is 0 Å². The van der Waals surface area contributed by atoms with E-state index in [1.165, 1.54) is 0 Å². The van der Waals surface area contributed by atoms with Gasteiger partial charge in [0.05, 0.1) is 11.4 Å². The Kier molecular flexibility index (Phi) is 7.23. The van der Waals surface area contributed by atoms with Crippen molar-refractivity contribution in [2.75, 3.05) is 30.9 Å². The van der Waals surface area contributed by atoms with Gasteiger partial charge < -0.3 is 15.5 Å². The number of carbonyl (C=O) groups is 1. The quantitative estimate of drug-likeness (QED) is 0.673. The van der Waals surface area contributed by atoms with Gasteiger partial charge in [0.25, 0.3) is 0 Å². The van der Waals surface area contributed by atoms with Crippen LogP contribution in [0.25, 0.3) is 10.9 Å². The molecule has 1 fully saturated rings. The molecule has 0 spiro atoms. The third-order valence-electron chi connectivity index (χ3n) is 5.82. The number of nitrogens with zero attached hydrogens (tertiary/aromatic N) is 3. The van der Waals surface area contributed by atoms with Gasteiger partial charge in [0, 0.05) is 38.5 Å². The minimum atomic E-state index is -4.33. The van der Waals surface area contributed by atoms with E-state index in [-0.39, 0.29) is 12.0 Å². The minimum absolute atomic E-state index is 0.230. The van der Waals surface area contributed by atoms with Gasteiger partial charge in [-0.25, -0.2) is 4.98 Å². The monoisotopic (exact) mass is 437 g/mol. The van der Waals surface area contributed by atoms with Crippen molar-refractivity contribution in [1.29, 1.82) is 0 Å². The average molecular weight is 438 g/mol. The van der Waals surface area contributed by atoms with Gasteiger partial charge >= 0.3 is 6.18 Å². The highest BCUT2D eigenvalue weighted by atomic mass is 19.4. The normalized spacial score (nSPS) is 20.3.